The van der Waals surface area contributed by atoms with Crippen LogP contribution in [0.3, 0.4) is 0 Å². The van der Waals surface area contributed by atoms with Gasteiger partial charge in [-0.05, 0) is 58.4 Å². The van der Waals surface area contributed by atoms with Gasteiger partial charge < -0.3 is 19.5 Å². The molecule has 0 amide bonds. The summed E-state index contributed by atoms with van der Waals surface area (Å²) in [7, 11) is 1.35. The number of nitrogens with one attached hydrogen (secondary N) is 1. The molecular formula is C17H16BrNO4. The smallest absolute Gasteiger partial charge is 0.337 e. The molecule has 1 N–H and O–H groups in total. The highest BCUT2D eigenvalue weighted by molar-refractivity contribution is 9.10. The van der Waals surface area contributed by atoms with Gasteiger partial charge in [0.15, 0.2) is 0 Å². The summed E-state index contributed by atoms with van der Waals surface area (Å²) in [5, 5.41) is 3.16. The van der Waals surface area contributed by atoms with E-state index in [4.69, 9.17) is 9.47 Å². The first-order valence-electron chi connectivity index (χ1n) is 7.19. The minimum absolute atomic E-state index is 0.252. The minimum Gasteiger partial charge on any atom is -0.488 e. The largest absolute Gasteiger partial charge is 0.488 e. The third-order valence-corrected chi connectivity index (χ3v) is 4.07. The standard InChI is InChI=1S/C17H16BrNO4/c1-21-17(20)11-2-7-16(15(18)8-11)23-13-5-3-12(4-6-13)22-14-9-19-10-14/h2-8,14,19H,9-10H2,1H3. The fraction of sp³-hybridized carbons (Fsp3) is 0.235. The van der Waals surface area contributed by atoms with Crippen molar-refractivity contribution in [2.24, 2.45) is 0 Å². The third kappa shape index (κ3) is 3.83. The Bertz CT molecular complexity index is 698. The van der Waals surface area contributed by atoms with Crippen LogP contribution in [0, 0.1) is 0 Å². The Hall–Kier alpha value is -2.05. The van der Waals surface area contributed by atoms with Crippen LogP contribution in [0.25, 0.3) is 0 Å². The molecule has 0 bridgehead atoms. The predicted molar refractivity (Wildman–Crippen MR) is 89.3 cm³/mol. The third-order valence-electron chi connectivity index (χ3n) is 3.45. The summed E-state index contributed by atoms with van der Waals surface area (Å²) in [5.74, 6) is 1.75. The Morgan fingerprint density at radius 1 is 1.13 bits per heavy atom. The van der Waals surface area contributed by atoms with E-state index in [9.17, 15) is 4.79 Å². The highest BCUT2D eigenvalue weighted by atomic mass is 79.9. The molecule has 0 aromatic heterocycles. The number of halogens is 1. The van der Waals surface area contributed by atoms with Crippen molar-refractivity contribution >= 4 is 21.9 Å². The summed E-state index contributed by atoms with van der Waals surface area (Å²) in [6, 6.07) is 12.5. The fourth-order valence-corrected chi connectivity index (χ4v) is 2.54. The van der Waals surface area contributed by atoms with E-state index < -0.39 is 0 Å². The molecule has 0 saturated carbocycles. The molecule has 1 aliphatic rings. The van der Waals surface area contributed by atoms with Crippen LogP contribution < -0.4 is 14.8 Å². The van der Waals surface area contributed by atoms with Crippen molar-refractivity contribution in [2.75, 3.05) is 20.2 Å². The van der Waals surface area contributed by atoms with Gasteiger partial charge in [-0.1, -0.05) is 0 Å². The van der Waals surface area contributed by atoms with Crippen LogP contribution in [0.4, 0.5) is 0 Å². The second-order valence-corrected chi connectivity index (χ2v) is 5.96. The van der Waals surface area contributed by atoms with Crippen molar-refractivity contribution in [3.8, 4) is 17.2 Å². The van der Waals surface area contributed by atoms with Crippen molar-refractivity contribution in [3.63, 3.8) is 0 Å². The summed E-state index contributed by atoms with van der Waals surface area (Å²) < 4.78 is 16.9. The van der Waals surface area contributed by atoms with Crippen LogP contribution in [-0.2, 0) is 4.74 Å². The zero-order valence-corrected chi connectivity index (χ0v) is 14.1. The quantitative estimate of drug-likeness (QED) is 0.809. The first kappa shape index (κ1) is 15.8. The monoisotopic (exact) mass is 377 g/mol. The lowest BCUT2D eigenvalue weighted by molar-refractivity contribution is 0.0600. The summed E-state index contributed by atoms with van der Waals surface area (Å²) in [5.41, 5.74) is 0.463. The average molecular weight is 378 g/mol. The van der Waals surface area contributed by atoms with Gasteiger partial charge in [-0.2, -0.15) is 0 Å². The normalized spacial score (nSPS) is 14.0. The molecular weight excluding hydrogens is 362 g/mol. The van der Waals surface area contributed by atoms with E-state index in [0.29, 0.717) is 21.5 Å². The molecule has 6 heteroatoms. The molecule has 5 nitrogen and oxygen atoms in total. The molecule has 120 valence electrons. The number of ether oxygens (including phenoxy) is 3. The van der Waals surface area contributed by atoms with E-state index in [0.717, 1.165) is 18.8 Å². The van der Waals surface area contributed by atoms with Crippen LogP contribution in [0.15, 0.2) is 46.9 Å². The average Bonchev–Trinajstić information content (AvgIpc) is 2.53. The molecule has 1 fully saturated rings. The van der Waals surface area contributed by atoms with Gasteiger partial charge in [0.05, 0.1) is 17.1 Å². The van der Waals surface area contributed by atoms with Crippen molar-refractivity contribution in [1.29, 1.82) is 0 Å². The van der Waals surface area contributed by atoms with Crippen molar-refractivity contribution < 1.29 is 19.0 Å². The summed E-state index contributed by atoms with van der Waals surface area (Å²) in [6.45, 7) is 1.77. The Balaban J connectivity index is 1.67. The molecule has 0 aliphatic carbocycles. The molecule has 0 radical (unpaired) electrons. The summed E-state index contributed by atoms with van der Waals surface area (Å²) in [6.07, 6.45) is 0.252. The van der Waals surface area contributed by atoms with Crippen LogP contribution in [0.2, 0.25) is 0 Å². The zero-order valence-electron chi connectivity index (χ0n) is 12.5. The van der Waals surface area contributed by atoms with Gasteiger partial charge in [0.1, 0.15) is 23.4 Å². The molecule has 3 rings (SSSR count). The molecule has 1 aliphatic heterocycles. The molecule has 2 aromatic rings. The molecule has 0 unspecified atom stereocenters. The van der Waals surface area contributed by atoms with Gasteiger partial charge in [0.25, 0.3) is 0 Å². The van der Waals surface area contributed by atoms with Crippen LogP contribution in [0.5, 0.6) is 17.2 Å². The van der Waals surface area contributed by atoms with E-state index in [-0.39, 0.29) is 12.1 Å². The van der Waals surface area contributed by atoms with Gasteiger partial charge in [0, 0.05) is 13.1 Å². The van der Waals surface area contributed by atoms with Gasteiger partial charge in [-0.25, -0.2) is 4.79 Å². The number of carbonyl (C=O) groups is 1. The summed E-state index contributed by atoms with van der Waals surface area (Å²) >= 11 is 3.40. The minimum atomic E-state index is -0.385. The predicted octanol–water partition coefficient (Wildman–Crippen LogP) is 3.38. The van der Waals surface area contributed by atoms with E-state index in [2.05, 4.69) is 26.0 Å². The lowest BCUT2D eigenvalue weighted by atomic mass is 10.2. The van der Waals surface area contributed by atoms with Gasteiger partial charge >= 0.3 is 5.97 Å². The van der Waals surface area contributed by atoms with E-state index in [1.807, 2.05) is 24.3 Å². The zero-order chi connectivity index (χ0) is 16.2. The van der Waals surface area contributed by atoms with Crippen LogP contribution >= 0.6 is 15.9 Å². The van der Waals surface area contributed by atoms with E-state index >= 15 is 0 Å². The number of rotatable bonds is 5. The van der Waals surface area contributed by atoms with Crippen molar-refractivity contribution in [3.05, 3.63) is 52.5 Å². The Morgan fingerprint density at radius 2 is 1.83 bits per heavy atom. The van der Waals surface area contributed by atoms with Crippen LogP contribution in [0.1, 0.15) is 10.4 Å². The van der Waals surface area contributed by atoms with E-state index in [1.165, 1.54) is 7.11 Å². The molecule has 1 heterocycles. The fourth-order valence-electron chi connectivity index (χ4n) is 2.08. The molecule has 0 spiro atoms. The second-order valence-electron chi connectivity index (χ2n) is 5.11. The topological polar surface area (TPSA) is 56.8 Å². The van der Waals surface area contributed by atoms with Crippen molar-refractivity contribution in [2.45, 2.75) is 6.10 Å². The second kappa shape index (κ2) is 7.02. The lowest BCUT2D eigenvalue weighted by Gasteiger charge is -2.27. The highest BCUT2D eigenvalue weighted by Crippen LogP contribution is 2.31. The Labute approximate surface area is 142 Å². The van der Waals surface area contributed by atoms with E-state index in [1.54, 1.807) is 18.2 Å². The molecule has 1 saturated heterocycles. The SMILES string of the molecule is COC(=O)c1ccc(Oc2ccc(OC3CNC3)cc2)c(Br)c1. The Kier molecular flexibility index (Phi) is 4.83. The summed E-state index contributed by atoms with van der Waals surface area (Å²) in [4.78, 5) is 11.5. The maximum Gasteiger partial charge on any atom is 0.337 e. The van der Waals surface area contributed by atoms with Crippen LogP contribution in [-0.4, -0.2) is 32.3 Å². The number of benzene rings is 2. The van der Waals surface area contributed by atoms with Gasteiger partial charge in [-0.3, -0.25) is 0 Å². The van der Waals surface area contributed by atoms with Crippen molar-refractivity contribution in [1.82, 2.24) is 5.32 Å². The first-order valence-corrected chi connectivity index (χ1v) is 7.98. The maximum atomic E-state index is 11.5. The number of carbonyl (C=O) groups excluding carboxylic acids is 1. The number of methoxy groups -OCH3 is 1. The number of hydrogen-bond acceptors (Lipinski definition) is 5. The molecule has 23 heavy (non-hydrogen) atoms. The van der Waals surface area contributed by atoms with Gasteiger partial charge in [-0.15, -0.1) is 0 Å². The molecule has 0 atom stereocenters. The first-order chi connectivity index (χ1) is 11.2. The maximum absolute atomic E-state index is 11.5. The lowest BCUT2D eigenvalue weighted by Crippen LogP contribution is -2.50. The number of hydrogen-bond donors (Lipinski definition) is 1. The Morgan fingerprint density at radius 3 is 2.39 bits per heavy atom. The van der Waals surface area contributed by atoms with Gasteiger partial charge in [0.2, 0.25) is 0 Å². The number of esters is 1. The highest BCUT2D eigenvalue weighted by Gasteiger charge is 2.18. The molecule has 2 aromatic carbocycles.